The monoisotopic (exact) mass is 391 g/mol. The van der Waals surface area contributed by atoms with E-state index in [1.165, 1.54) is 24.3 Å². The summed E-state index contributed by atoms with van der Waals surface area (Å²) in [5, 5.41) is 0. The van der Waals surface area contributed by atoms with Gasteiger partial charge in [0.25, 0.3) is 5.91 Å². The minimum atomic E-state index is -0.602. The molecule has 0 spiro atoms. The van der Waals surface area contributed by atoms with Crippen molar-refractivity contribution >= 4 is 17.4 Å². The molecule has 29 heavy (non-hydrogen) atoms. The molecule has 0 N–H and O–H groups in total. The van der Waals surface area contributed by atoms with E-state index in [1.807, 2.05) is 0 Å². The maximum Gasteiger partial charge on any atom is 0.268 e. The predicted molar refractivity (Wildman–Crippen MR) is 104 cm³/mol. The van der Waals surface area contributed by atoms with Crippen LogP contribution in [0.1, 0.15) is 28.2 Å². The van der Waals surface area contributed by atoms with Gasteiger partial charge >= 0.3 is 0 Å². The van der Waals surface area contributed by atoms with E-state index in [4.69, 9.17) is 4.74 Å². The van der Waals surface area contributed by atoms with Crippen molar-refractivity contribution in [1.82, 2.24) is 9.97 Å². The van der Waals surface area contributed by atoms with Crippen molar-refractivity contribution in [3.8, 4) is 5.75 Å². The summed E-state index contributed by atoms with van der Waals surface area (Å²) < 4.78 is 18.8. The molecule has 1 saturated heterocycles. The van der Waals surface area contributed by atoms with Gasteiger partial charge in [0.1, 0.15) is 17.4 Å². The minimum Gasteiger partial charge on any atom is -0.481 e. The van der Waals surface area contributed by atoms with Crippen molar-refractivity contribution in [3.63, 3.8) is 0 Å². The third kappa shape index (κ3) is 3.99. The van der Waals surface area contributed by atoms with Crippen LogP contribution >= 0.6 is 0 Å². The highest BCUT2D eigenvalue weighted by molar-refractivity contribution is 6.09. The van der Waals surface area contributed by atoms with Gasteiger partial charge in [-0.05, 0) is 55.5 Å². The number of benzene rings is 2. The van der Waals surface area contributed by atoms with Gasteiger partial charge in [0, 0.05) is 24.1 Å². The molecule has 0 radical (unpaired) electrons. The van der Waals surface area contributed by atoms with Gasteiger partial charge in [-0.15, -0.1) is 0 Å². The van der Waals surface area contributed by atoms with Crippen LogP contribution in [0.15, 0.2) is 60.9 Å². The first-order valence-electron chi connectivity index (χ1n) is 9.18. The quantitative estimate of drug-likeness (QED) is 0.624. The Kier molecular flexibility index (Phi) is 5.03. The van der Waals surface area contributed by atoms with Gasteiger partial charge in [0.05, 0.1) is 18.1 Å². The topological polar surface area (TPSA) is 72.4 Å². The van der Waals surface area contributed by atoms with E-state index >= 15 is 0 Å². The number of aromatic nitrogens is 2. The number of amides is 1. The third-order valence-electron chi connectivity index (χ3n) is 4.74. The number of ketones is 1. The lowest BCUT2D eigenvalue weighted by molar-refractivity contribution is -0.122. The van der Waals surface area contributed by atoms with E-state index in [-0.39, 0.29) is 11.7 Å². The van der Waals surface area contributed by atoms with Crippen LogP contribution in [-0.2, 0) is 4.79 Å². The van der Waals surface area contributed by atoms with Crippen molar-refractivity contribution in [2.24, 2.45) is 0 Å². The molecular formula is C22H18FN3O3. The number of aryl methyl sites for hydroxylation is 1. The minimum absolute atomic E-state index is 0.149. The molecule has 1 atom stereocenters. The lowest BCUT2D eigenvalue weighted by Gasteiger charge is -2.16. The van der Waals surface area contributed by atoms with Gasteiger partial charge < -0.3 is 9.64 Å². The maximum absolute atomic E-state index is 13.0. The molecule has 1 amide bonds. The molecule has 4 rings (SSSR count). The number of anilines is 1. The van der Waals surface area contributed by atoms with E-state index in [0.29, 0.717) is 41.4 Å². The summed E-state index contributed by atoms with van der Waals surface area (Å²) in [6.07, 6.45) is 3.19. The summed E-state index contributed by atoms with van der Waals surface area (Å²) in [5.41, 5.74) is 1.51. The number of hydrogen-bond donors (Lipinski definition) is 0. The fourth-order valence-electron chi connectivity index (χ4n) is 3.16. The number of halogens is 1. The summed E-state index contributed by atoms with van der Waals surface area (Å²) in [4.78, 5) is 35.0. The molecule has 0 saturated carbocycles. The SMILES string of the molecule is Cc1ncc(N2CC[C@@H](Oc3ccc(C(=O)c4ccc(F)cc4)cc3)C2=O)cn1. The van der Waals surface area contributed by atoms with Crippen LogP contribution in [0.25, 0.3) is 0 Å². The molecule has 1 aromatic heterocycles. The molecule has 146 valence electrons. The Balaban J connectivity index is 1.42. The summed E-state index contributed by atoms with van der Waals surface area (Å²) in [6.45, 7) is 2.31. The molecule has 1 aliphatic heterocycles. The number of carbonyl (C=O) groups is 2. The van der Waals surface area contributed by atoms with Gasteiger partial charge in [-0.2, -0.15) is 0 Å². The molecule has 1 fully saturated rings. The van der Waals surface area contributed by atoms with Crippen LogP contribution in [0, 0.1) is 12.7 Å². The molecule has 2 aromatic carbocycles. The highest BCUT2D eigenvalue weighted by Crippen LogP contribution is 2.24. The van der Waals surface area contributed by atoms with Crippen molar-refractivity contribution in [1.29, 1.82) is 0 Å². The average Bonchev–Trinajstić information content (AvgIpc) is 3.09. The molecule has 0 unspecified atom stereocenters. The highest BCUT2D eigenvalue weighted by atomic mass is 19.1. The summed E-state index contributed by atoms with van der Waals surface area (Å²) in [5.74, 6) is 0.394. The maximum atomic E-state index is 13.0. The number of rotatable bonds is 5. The van der Waals surface area contributed by atoms with Crippen LogP contribution in [-0.4, -0.2) is 34.3 Å². The lowest BCUT2D eigenvalue weighted by Crippen LogP contribution is -2.32. The number of carbonyl (C=O) groups excluding carboxylic acids is 2. The highest BCUT2D eigenvalue weighted by Gasteiger charge is 2.34. The molecule has 0 aliphatic carbocycles. The fraction of sp³-hybridized carbons (Fsp3) is 0.182. The summed E-state index contributed by atoms with van der Waals surface area (Å²) in [7, 11) is 0. The first-order chi connectivity index (χ1) is 14.0. The van der Waals surface area contributed by atoms with Crippen LogP contribution in [0.4, 0.5) is 10.1 Å². The zero-order chi connectivity index (χ0) is 20.4. The Morgan fingerprint density at radius 2 is 1.62 bits per heavy atom. The van der Waals surface area contributed by atoms with Crippen LogP contribution in [0.3, 0.4) is 0 Å². The van der Waals surface area contributed by atoms with Crippen LogP contribution in [0.2, 0.25) is 0 Å². The molecule has 6 nitrogen and oxygen atoms in total. The molecule has 0 bridgehead atoms. The Bertz CT molecular complexity index is 1030. The smallest absolute Gasteiger partial charge is 0.268 e. The summed E-state index contributed by atoms with van der Waals surface area (Å²) >= 11 is 0. The normalized spacial score (nSPS) is 16.1. The van der Waals surface area contributed by atoms with Crippen LogP contribution in [0.5, 0.6) is 5.75 Å². The predicted octanol–water partition coefficient (Wildman–Crippen LogP) is 3.34. The van der Waals surface area contributed by atoms with E-state index in [1.54, 1.807) is 48.5 Å². The number of hydrogen-bond acceptors (Lipinski definition) is 5. The second-order valence-corrected chi connectivity index (χ2v) is 6.73. The van der Waals surface area contributed by atoms with E-state index in [0.717, 1.165) is 0 Å². The first kappa shape index (κ1) is 18.7. The largest absolute Gasteiger partial charge is 0.481 e. The molecule has 2 heterocycles. The van der Waals surface area contributed by atoms with Crippen molar-refractivity contribution in [2.45, 2.75) is 19.4 Å². The summed E-state index contributed by atoms with van der Waals surface area (Å²) in [6, 6.07) is 12.0. The zero-order valence-electron chi connectivity index (χ0n) is 15.7. The second kappa shape index (κ2) is 7.79. The molecule has 7 heteroatoms. The van der Waals surface area contributed by atoms with Crippen molar-refractivity contribution in [3.05, 3.63) is 83.7 Å². The Morgan fingerprint density at radius 3 is 2.24 bits per heavy atom. The van der Waals surface area contributed by atoms with E-state index < -0.39 is 11.9 Å². The zero-order valence-corrected chi connectivity index (χ0v) is 15.7. The number of ether oxygens (including phenoxy) is 1. The fourth-order valence-corrected chi connectivity index (χ4v) is 3.16. The molecule has 3 aromatic rings. The van der Waals surface area contributed by atoms with Gasteiger partial charge in [0.15, 0.2) is 11.9 Å². The van der Waals surface area contributed by atoms with Gasteiger partial charge in [-0.25, -0.2) is 14.4 Å². The van der Waals surface area contributed by atoms with Crippen molar-refractivity contribution < 1.29 is 18.7 Å². The van der Waals surface area contributed by atoms with Gasteiger partial charge in [-0.3, -0.25) is 9.59 Å². The lowest BCUT2D eigenvalue weighted by atomic mass is 10.0. The Hall–Kier alpha value is -3.61. The number of nitrogens with zero attached hydrogens (tertiary/aromatic N) is 3. The molecular weight excluding hydrogens is 373 g/mol. The van der Waals surface area contributed by atoms with Gasteiger partial charge in [-0.1, -0.05) is 0 Å². The first-order valence-corrected chi connectivity index (χ1v) is 9.18. The van der Waals surface area contributed by atoms with E-state index in [9.17, 15) is 14.0 Å². The average molecular weight is 391 g/mol. The third-order valence-corrected chi connectivity index (χ3v) is 4.74. The van der Waals surface area contributed by atoms with Crippen LogP contribution < -0.4 is 9.64 Å². The van der Waals surface area contributed by atoms with E-state index in [2.05, 4.69) is 9.97 Å². The standard InChI is InChI=1S/C22H18FN3O3/c1-14-24-12-18(13-25-14)26-11-10-20(22(26)28)29-19-8-4-16(5-9-19)21(27)15-2-6-17(23)7-3-15/h2-9,12-13,20H,10-11H2,1H3/t20-/m1/s1. The molecule has 1 aliphatic rings. The van der Waals surface area contributed by atoms with Crippen molar-refractivity contribution in [2.75, 3.05) is 11.4 Å². The Labute approximate surface area is 167 Å². The second-order valence-electron chi connectivity index (χ2n) is 6.73. The Morgan fingerprint density at radius 1 is 1.03 bits per heavy atom. The van der Waals surface area contributed by atoms with Gasteiger partial charge in [0.2, 0.25) is 0 Å².